The lowest BCUT2D eigenvalue weighted by Gasteiger charge is -2.36. The van der Waals surface area contributed by atoms with Gasteiger partial charge in [-0.3, -0.25) is 9.69 Å². The number of hydrogen-bond donors (Lipinski definition) is 1. The molecule has 2 N–H and O–H groups in total. The van der Waals surface area contributed by atoms with Crippen molar-refractivity contribution in [2.75, 3.05) is 19.1 Å². The van der Waals surface area contributed by atoms with Crippen LogP contribution in [0.4, 0.5) is 10.1 Å². The minimum Gasteiger partial charge on any atom is -0.466 e. The molecule has 3 rings (SSSR count). The molecule has 0 saturated heterocycles. The quantitative estimate of drug-likeness (QED) is 0.523. The third-order valence-corrected chi connectivity index (χ3v) is 5.03. The highest BCUT2D eigenvalue weighted by molar-refractivity contribution is 6.06. The van der Waals surface area contributed by atoms with Crippen molar-refractivity contribution in [3.05, 3.63) is 82.6 Å². The summed E-state index contributed by atoms with van der Waals surface area (Å²) < 4.78 is 29.9. The van der Waals surface area contributed by atoms with Gasteiger partial charge in [-0.2, -0.15) is 5.26 Å². The Balaban J connectivity index is 2.41. The maximum atomic E-state index is 15.0. The van der Waals surface area contributed by atoms with Gasteiger partial charge in [0.1, 0.15) is 23.1 Å². The number of rotatable bonds is 5. The van der Waals surface area contributed by atoms with Crippen LogP contribution in [0.1, 0.15) is 18.4 Å². The maximum Gasteiger partial charge on any atom is 0.355 e. The maximum absolute atomic E-state index is 15.0. The highest BCUT2D eigenvalue weighted by Crippen LogP contribution is 2.44. The average molecular weight is 465 g/mol. The zero-order valence-corrected chi connectivity index (χ0v) is 18.5. The molecule has 0 radical (unpaired) electrons. The number of methoxy groups -OCH3 is 2. The Labute approximate surface area is 194 Å². The molecule has 1 heterocycles. The van der Waals surface area contributed by atoms with Crippen molar-refractivity contribution in [3.8, 4) is 11.8 Å². The summed E-state index contributed by atoms with van der Waals surface area (Å²) in [5, 5.41) is 9.99. The summed E-state index contributed by atoms with van der Waals surface area (Å²) in [5.74, 6) is -4.98. The minimum absolute atomic E-state index is 0.0516. The summed E-state index contributed by atoms with van der Waals surface area (Å²) in [4.78, 5) is 38.2. The van der Waals surface area contributed by atoms with Crippen LogP contribution < -0.4 is 15.4 Å². The molecule has 34 heavy (non-hydrogen) atoms. The largest absolute Gasteiger partial charge is 0.466 e. The summed E-state index contributed by atoms with van der Waals surface area (Å²) in [6, 6.07) is 13.6. The number of nitrogens with zero attached hydrogens (tertiary/aromatic N) is 2. The van der Waals surface area contributed by atoms with E-state index in [0.29, 0.717) is 5.56 Å². The molecule has 9 nitrogen and oxygen atoms in total. The molecule has 0 saturated carbocycles. The third-order valence-electron chi connectivity index (χ3n) is 5.03. The number of ether oxygens (including phenoxy) is 3. The zero-order valence-electron chi connectivity index (χ0n) is 18.5. The molecule has 1 atom stereocenters. The predicted octanol–water partition coefficient (Wildman–Crippen LogP) is 2.65. The van der Waals surface area contributed by atoms with E-state index in [4.69, 9.17) is 19.9 Å². The molecule has 1 aliphatic rings. The number of halogens is 1. The van der Waals surface area contributed by atoms with Crippen LogP contribution in [-0.4, -0.2) is 32.1 Å². The van der Waals surface area contributed by atoms with Gasteiger partial charge in [-0.1, -0.05) is 30.3 Å². The van der Waals surface area contributed by atoms with Crippen molar-refractivity contribution in [2.45, 2.75) is 12.8 Å². The van der Waals surface area contributed by atoms with E-state index in [2.05, 4.69) is 0 Å². The number of nitrogens with two attached hydrogens (primary N) is 1. The molecule has 0 aliphatic carbocycles. The molecule has 0 amide bonds. The number of allylic oxidation sites excluding steroid dienone is 1. The van der Waals surface area contributed by atoms with Crippen LogP contribution in [0.25, 0.3) is 0 Å². The summed E-state index contributed by atoms with van der Waals surface area (Å²) in [6.07, 6.45) is 0. The molecule has 10 heteroatoms. The summed E-state index contributed by atoms with van der Waals surface area (Å²) in [5.41, 5.74) is 5.59. The number of benzene rings is 2. The van der Waals surface area contributed by atoms with Gasteiger partial charge < -0.3 is 19.9 Å². The lowest BCUT2D eigenvalue weighted by atomic mass is 9.81. The van der Waals surface area contributed by atoms with Crippen LogP contribution in [0.2, 0.25) is 0 Å². The summed E-state index contributed by atoms with van der Waals surface area (Å²) in [7, 11) is 2.18. The van der Waals surface area contributed by atoms with Gasteiger partial charge in [0.2, 0.25) is 0 Å². The van der Waals surface area contributed by atoms with Crippen molar-refractivity contribution in [3.63, 3.8) is 0 Å². The monoisotopic (exact) mass is 465 g/mol. The number of carbonyl (C=O) groups is 3. The van der Waals surface area contributed by atoms with Crippen LogP contribution in [0.5, 0.6) is 5.75 Å². The van der Waals surface area contributed by atoms with Crippen LogP contribution in [0.15, 0.2) is 71.2 Å². The number of carbonyl (C=O) groups excluding carboxylic acids is 3. The van der Waals surface area contributed by atoms with Gasteiger partial charge in [0, 0.05) is 13.0 Å². The van der Waals surface area contributed by atoms with E-state index in [0.717, 1.165) is 38.2 Å². The van der Waals surface area contributed by atoms with E-state index < -0.39 is 35.3 Å². The van der Waals surface area contributed by atoms with Gasteiger partial charge in [0.25, 0.3) is 0 Å². The molecule has 1 unspecified atom stereocenters. The fourth-order valence-corrected chi connectivity index (χ4v) is 3.66. The normalized spacial score (nSPS) is 15.5. The van der Waals surface area contributed by atoms with E-state index in [1.165, 1.54) is 6.07 Å². The van der Waals surface area contributed by atoms with Gasteiger partial charge in [0.15, 0.2) is 0 Å². The lowest BCUT2D eigenvalue weighted by Crippen LogP contribution is -2.41. The molecular weight excluding hydrogens is 445 g/mol. The van der Waals surface area contributed by atoms with Crippen molar-refractivity contribution < 1.29 is 33.0 Å². The van der Waals surface area contributed by atoms with Crippen molar-refractivity contribution in [1.82, 2.24) is 0 Å². The van der Waals surface area contributed by atoms with Crippen LogP contribution in [0.3, 0.4) is 0 Å². The average Bonchev–Trinajstić information content (AvgIpc) is 2.83. The highest BCUT2D eigenvalue weighted by Gasteiger charge is 2.43. The molecule has 174 valence electrons. The first-order valence-corrected chi connectivity index (χ1v) is 9.88. The number of nitriles is 1. The van der Waals surface area contributed by atoms with Crippen LogP contribution in [0, 0.1) is 17.1 Å². The van der Waals surface area contributed by atoms with Crippen LogP contribution in [-0.2, 0) is 23.9 Å². The molecule has 0 bridgehead atoms. The van der Waals surface area contributed by atoms with Crippen molar-refractivity contribution >= 4 is 23.6 Å². The number of hydrogen-bond acceptors (Lipinski definition) is 9. The first-order chi connectivity index (χ1) is 16.2. The van der Waals surface area contributed by atoms with E-state index >= 15 is 4.39 Å². The Bertz CT molecular complexity index is 1260. The second-order valence-corrected chi connectivity index (χ2v) is 7.04. The zero-order chi connectivity index (χ0) is 25.0. The van der Waals surface area contributed by atoms with Crippen molar-refractivity contribution in [1.29, 1.82) is 5.26 Å². The Morgan fingerprint density at radius 3 is 2.26 bits per heavy atom. The number of esters is 3. The second-order valence-electron chi connectivity index (χ2n) is 7.04. The molecule has 1 aliphatic heterocycles. The Morgan fingerprint density at radius 1 is 1.06 bits per heavy atom. The van der Waals surface area contributed by atoms with Gasteiger partial charge in [0.05, 0.1) is 43.0 Å². The molecule has 0 aromatic heterocycles. The minimum atomic E-state index is -1.09. The third kappa shape index (κ3) is 4.31. The standard InChI is InChI=1S/C24H20FN3O6/c1-13(29)34-15-9-10-17(25)18(11-15)28-21(24(31)33-3)20(23(30)32-2)19(16(12-26)22(28)27)14-7-5-4-6-8-14/h4-11,19H,27H2,1-3H3. The van der Waals surface area contributed by atoms with E-state index in [-0.39, 0.29) is 28.4 Å². The highest BCUT2D eigenvalue weighted by atomic mass is 19.1. The molecular formula is C24H20FN3O6. The molecule has 0 fully saturated rings. The Hall–Kier alpha value is -4.65. The lowest BCUT2D eigenvalue weighted by molar-refractivity contribution is -0.139. The SMILES string of the molecule is COC(=O)C1=C(C(=O)OC)N(c2cc(OC(C)=O)ccc2F)C(N)=C(C#N)C1c1ccccc1. The Kier molecular flexibility index (Phi) is 6.97. The summed E-state index contributed by atoms with van der Waals surface area (Å²) >= 11 is 0. The Morgan fingerprint density at radius 2 is 1.71 bits per heavy atom. The first-order valence-electron chi connectivity index (χ1n) is 9.88. The van der Waals surface area contributed by atoms with E-state index in [9.17, 15) is 19.6 Å². The predicted molar refractivity (Wildman–Crippen MR) is 117 cm³/mol. The van der Waals surface area contributed by atoms with E-state index in [1.54, 1.807) is 30.3 Å². The summed E-state index contributed by atoms with van der Waals surface area (Å²) in [6.45, 7) is 1.16. The van der Waals surface area contributed by atoms with Crippen LogP contribution >= 0.6 is 0 Å². The van der Waals surface area contributed by atoms with Gasteiger partial charge in [-0.05, 0) is 17.7 Å². The molecule has 2 aromatic carbocycles. The number of anilines is 1. The molecule has 2 aromatic rings. The van der Waals surface area contributed by atoms with Crippen molar-refractivity contribution in [2.24, 2.45) is 5.73 Å². The van der Waals surface area contributed by atoms with Gasteiger partial charge in [-0.25, -0.2) is 14.0 Å². The van der Waals surface area contributed by atoms with Gasteiger partial charge in [-0.15, -0.1) is 0 Å². The van der Waals surface area contributed by atoms with Gasteiger partial charge >= 0.3 is 17.9 Å². The smallest absolute Gasteiger partial charge is 0.355 e. The molecule has 0 spiro atoms. The second kappa shape index (κ2) is 9.87. The fourth-order valence-electron chi connectivity index (χ4n) is 3.66. The fraction of sp³-hybridized carbons (Fsp3) is 0.167. The topological polar surface area (TPSA) is 132 Å². The van der Waals surface area contributed by atoms with E-state index in [1.807, 2.05) is 6.07 Å². The first kappa shape index (κ1) is 24.0.